The van der Waals surface area contributed by atoms with E-state index < -0.39 is 10.5 Å². The third-order valence-electron chi connectivity index (χ3n) is 3.01. The highest BCUT2D eigenvalue weighted by atomic mass is 16.7. The van der Waals surface area contributed by atoms with E-state index in [9.17, 15) is 10.1 Å². The van der Waals surface area contributed by atoms with E-state index >= 15 is 0 Å². The minimum atomic E-state index is -0.469. The van der Waals surface area contributed by atoms with E-state index in [-0.39, 0.29) is 18.2 Å². The molecule has 2 aliphatic rings. The van der Waals surface area contributed by atoms with Gasteiger partial charge in [-0.05, 0) is 24.5 Å². The molecule has 0 saturated heterocycles. The van der Waals surface area contributed by atoms with Crippen molar-refractivity contribution in [3.8, 4) is 11.5 Å². The molecular weight excluding hydrogens is 212 g/mol. The van der Waals surface area contributed by atoms with Gasteiger partial charge in [-0.25, -0.2) is 0 Å². The number of ether oxygens (including phenoxy) is 2. The number of rotatable bonds is 2. The number of nitro benzene ring substituents is 1. The number of nitrogens with two attached hydrogens (primary N) is 1. The van der Waals surface area contributed by atoms with Gasteiger partial charge in [0.25, 0.3) is 0 Å². The average Bonchev–Trinajstić information content (AvgIpc) is 2.83. The Hall–Kier alpha value is -1.82. The van der Waals surface area contributed by atoms with Crippen LogP contribution in [0.5, 0.6) is 11.5 Å². The van der Waals surface area contributed by atoms with Crippen LogP contribution in [-0.2, 0) is 5.54 Å². The van der Waals surface area contributed by atoms with Gasteiger partial charge in [0, 0.05) is 11.6 Å². The Labute approximate surface area is 91.1 Å². The molecule has 0 radical (unpaired) electrons. The van der Waals surface area contributed by atoms with E-state index in [1.165, 1.54) is 6.07 Å². The summed E-state index contributed by atoms with van der Waals surface area (Å²) in [6, 6.07) is 3.23. The normalized spacial score (nSPS) is 19.6. The number of benzene rings is 1. The highest BCUT2D eigenvalue weighted by Gasteiger charge is 2.42. The molecule has 1 aliphatic heterocycles. The Balaban J connectivity index is 2.16. The van der Waals surface area contributed by atoms with Crippen LogP contribution in [0, 0.1) is 10.1 Å². The average molecular weight is 222 g/mol. The van der Waals surface area contributed by atoms with E-state index in [2.05, 4.69) is 0 Å². The highest BCUT2D eigenvalue weighted by molar-refractivity contribution is 5.60. The fourth-order valence-electron chi connectivity index (χ4n) is 1.84. The minimum absolute atomic E-state index is 0.0250. The van der Waals surface area contributed by atoms with Crippen molar-refractivity contribution in [1.29, 1.82) is 0 Å². The van der Waals surface area contributed by atoms with Gasteiger partial charge in [0.1, 0.15) is 0 Å². The standard InChI is InChI=1S/C10H10N2O4/c11-10(1-2-10)6-3-7(12(13)14)9-8(4-6)15-5-16-9/h3-4H,1-2,5,11H2. The zero-order valence-electron chi connectivity index (χ0n) is 8.43. The maximum Gasteiger partial charge on any atom is 0.315 e. The van der Waals surface area contributed by atoms with E-state index in [4.69, 9.17) is 15.2 Å². The predicted molar refractivity (Wildman–Crippen MR) is 54.3 cm³/mol. The highest BCUT2D eigenvalue weighted by Crippen LogP contribution is 2.49. The summed E-state index contributed by atoms with van der Waals surface area (Å²) >= 11 is 0. The summed E-state index contributed by atoms with van der Waals surface area (Å²) in [5.74, 6) is 0.624. The smallest absolute Gasteiger partial charge is 0.315 e. The largest absolute Gasteiger partial charge is 0.453 e. The van der Waals surface area contributed by atoms with Crippen molar-refractivity contribution in [1.82, 2.24) is 0 Å². The van der Waals surface area contributed by atoms with E-state index in [1.54, 1.807) is 6.07 Å². The predicted octanol–water partition coefficient (Wildman–Crippen LogP) is 1.27. The number of hydrogen-bond donors (Lipinski definition) is 1. The summed E-state index contributed by atoms with van der Waals surface area (Å²) in [6.45, 7) is 0.0250. The maximum atomic E-state index is 10.9. The summed E-state index contributed by atoms with van der Waals surface area (Å²) in [7, 11) is 0. The van der Waals surface area contributed by atoms with Crippen molar-refractivity contribution in [2.24, 2.45) is 5.73 Å². The van der Waals surface area contributed by atoms with E-state index in [1.807, 2.05) is 0 Å². The van der Waals surface area contributed by atoms with Gasteiger partial charge in [0.05, 0.1) is 4.92 Å². The van der Waals surface area contributed by atoms with Crippen LogP contribution in [0.1, 0.15) is 18.4 Å². The fourth-order valence-corrected chi connectivity index (χ4v) is 1.84. The number of nitrogens with zero attached hydrogens (tertiary/aromatic N) is 1. The molecule has 3 rings (SSSR count). The van der Waals surface area contributed by atoms with Crippen molar-refractivity contribution >= 4 is 5.69 Å². The van der Waals surface area contributed by atoms with E-state index in [0.29, 0.717) is 5.75 Å². The van der Waals surface area contributed by atoms with Gasteiger partial charge < -0.3 is 15.2 Å². The second kappa shape index (κ2) is 2.85. The first-order valence-electron chi connectivity index (χ1n) is 4.97. The number of nitro groups is 1. The molecule has 0 bridgehead atoms. The Kier molecular flexibility index (Phi) is 1.68. The lowest BCUT2D eigenvalue weighted by molar-refractivity contribution is -0.385. The lowest BCUT2D eigenvalue weighted by Gasteiger charge is -2.09. The second-order valence-corrected chi connectivity index (χ2v) is 4.14. The third kappa shape index (κ3) is 1.23. The molecule has 0 amide bonds. The van der Waals surface area contributed by atoms with Crippen molar-refractivity contribution in [2.45, 2.75) is 18.4 Å². The van der Waals surface area contributed by atoms with Crippen LogP contribution in [0.15, 0.2) is 12.1 Å². The first-order chi connectivity index (χ1) is 7.60. The van der Waals surface area contributed by atoms with Crippen molar-refractivity contribution in [3.63, 3.8) is 0 Å². The molecule has 6 heteroatoms. The molecular formula is C10H10N2O4. The molecule has 84 valence electrons. The maximum absolute atomic E-state index is 10.9. The molecule has 0 spiro atoms. The summed E-state index contributed by atoms with van der Waals surface area (Å²) in [5, 5.41) is 10.9. The minimum Gasteiger partial charge on any atom is -0.453 e. The molecule has 0 unspecified atom stereocenters. The van der Waals surface area contributed by atoms with Crippen LogP contribution >= 0.6 is 0 Å². The summed E-state index contributed by atoms with van der Waals surface area (Å²) in [4.78, 5) is 10.4. The molecule has 1 saturated carbocycles. The van der Waals surface area contributed by atoms with Crippen LogP contribution in [0.2, 0.25) is 0 Å². The van der Waals surface area contributed by atoms with Gasteiger partial charge in [0.2, 0.25) is 12.5 Å². The SMILES string of the molecule is NC1(c2cc3c(c([N+](=O)[O-])c2)OCO3)CC1. The summed E-state index contributed by atoms with van der Waals surface area (Å²) < 4.78 is 10.2. The Morgan fingerprint density at radius 2 is 2.12 bits per heavy atom. The van der Waals surface area contributed by atoms with E-state index in [0.717, 1.165) is 18.4 Å². The molecule has 1 aromatic rings. The Morgan fingerprint density at radius 1 is 1.38 bits per heavy atom. The first-order valence-corrected chi connectivity index (χ1v) is 4.97. The topological polar surface area (TPSA) is 87.6 Å². The van der Waals surface area contributed by atoms with Crippen LogP contribution in [0.25, 0.3) is 0 Å². The van der Waals surface area contributed by atoms with Crippen molar-refractivity contribution < 1.29 is 14.4 Å². The van der Waals surface area contributed by atoms with Gasteiger partial charge in [-0.2, -0.15) is 0 Å². The van der Waals surface area contributed by atoms with Gasteiger partial charge in [0.15, 0.2) is 5.75 Å². The molecule has 0 atom stereocenters. The summed E-state index contributed by atoms with van der Waals surface area (Å²) in [5.41, 5.74) is 6.29. The van der Waals surface area contributed by atoms with Gasteiger partial charge in [-0.15, -0.1) is 0 Å². The van der Waals surface area contributed by atoms with Crippen LogP contribution < -0.4 is 15.2 Å². The quantitative estimate of drug-likeness (QED) is 0.601. The molecule has 6 nitrogen and oxygen atoms in total. The molecule has 2 N–H and O–H groups in total. The Morgan fingerprint density at radius 3 is 2.75 bits per heavy atom. The zero-order valence-corrected chi connectivity index (χ0v) is 8.43. The van der Waals surface area contributed by atoms with Gasteiger partial charge in [-0.1, -0.05) is 0 Å². The lowest BCUT2D eigenvalue weighted by atomic mass is 10.0. The molecule has 1 aliphatic carbocycles. The first kappa shape index (κ1) is 9.41. The molecule has 1 heterocycles. The van der Waals surface area contributed by atoms with Crippen LogP contribution in [0.3, 0.4) is 0 Å². The van der Waals surface area contributed by atoms with Gasteiger partial charge >= 0.3 is 5.69 Å². The van der Waals surface area contributed by atoms with Crippen LogP contribution in [-0.4, -0.2) is 11.7 Å². The molecule has 1 aromatic carbocycles. The Bertz CT molecular complexity index is 482. The fraction of sp³-hybridized carbons (Fsp3) is 0.400. The number of fused-ring (bicyclic) bond motifs is 1. The zero-order chi connectivity index (χ0) is 11.3. The molecule has 16 heavy (non-hydrogen) atoms. The van der Waals surface area contributed by atoms with Gasteiger partial charge in [-0.3, -0.25) is 10.1 Å². The summed E-state index contributed by atoms with van der Waals surface area (Å²) in [6.07, 6.45) is 1.70. The van der Waals surface area contributed by atoms with Crippen molar-refractivity contribution in [2.75, 3.05) is 6.79 Å². The number of hydrogen-bond acceptors (Lipinski definition) is 5. The monoisotopic (exact) mass is 222 g/mol. The molecule has 0 aromatic heterocycles. The van der Waals surface area contributed by atoms with Crippen LogP contribution in [0.4, 0.5) is 5.69 Å². The second-order valence-electron chi connectivity index (χ2n) is 4.14. The lowest BCUT2D eigenvalue weighted by Crippen LogP contribution is -2.18. The molecule has 1 fully saturated rings. The third-order valence-corrected chi connectivity index (χ3v) is 3.01. The van der Waals surface area contributed by atoms with Crippen molar-refractivity contribution in [3.05, 3.63) is 27.8 Å².